The number of rotatable bonds is 13. The van der Waals surface area contributed by atoms with E-state index < -0.39 is 0 Å². The maximum absolute atomic E-state index is 5.57. The summed E-state index contributed by atoms with van der Waals surface area (Å²) in [5.41, 5.74) is 5.47. The fourth-order valence-electron chi connectivity index (χ4n) is 1.82. The minimum atomic E-state index is 0.368. The number of ether oxygens (including phenoxy) is 1. The molecule has 0 saturated carbocycles. The SMILES string of the molecule is CCCCCCSCC(CCCCC)OCN. The van der Waals surface area contributed by atoms with E-state index in [4.69, 9.17) is 10.5 Å². The largest absolute Gasteiger partial charge is 0.362 e. The lowest BCUT2D eigenvalue weighted by atomic mass is 10.1. The Hall–Kier alpha value is 0.270. The molecule has 0 fully saturated rings. The summed E-state index contributed by atoms with van der Waals surface area (Å²) in [4.78, 5) is 0. The van der Waals surface area contributed by atoms with Crippen molar-refractivity contribution in [1.82, 2.24) is 0 Å². The molecule has 0 spiro atoms. The molecule has 2 nitrogen and oxygen atoms in total. The molecule has 0 aromatic heterocycles. The van der Waals surface area contributed by atoms with Crippen LogP contribution in [0.25, 0.3) is 0 Å². The van der Waals surface area contributed by atoms with Crippen LogP contribution in [0.2, 0.25) is 0 Å². The first-order valence-electron chi connectivity index (χ1n) is 7.24. The van der Waals surface area contributed by atoms with Crippen LogP contribution in [0, 0.1) is 0 Å². The van der Waals surface area contributed by atoms with Gasteiger partial charge in [0.15, 0.2) is 0 Å². The van der Waals surface area contributed by atoms with Crippen LogP contribution in [-0.2, 0) is 4.74 Å². The molecule has 0 saturated heterocycles. The average molecular weight is 261 g/mol. The Morgan fingerprint density at radius 3 is 2.35 bits per heavy atom. The number of thioether (sulfide) groups is 1. The van der Waals surface area contributed by atoms with Crippen LogP contribution in [-0.4, -0.2) is 24.3 Å². The van der Waals surface area contributed by atoms with Crippen molar-refractivity contribution in [3.63, 3.8) is 0 Å². The van der Waals surface area contributed by atoms with Gasteiger partial charge < -0.3 is 10.5 Å². The van der Waals surface area contributed by atoms with E-state index in [0.717, 1.165) is 5.75 Å². The van der Waals surface area contributed by atoms with E-state index in [1.807, 2.05) is 11.8 Å². The third-order valence-corrected chi connectivity index (χ3v) is 4.09. The second-order valence-electron chi connectivity index (χ2n) is 4.59. The minimum Gasteiger partial charge on any atom is -0.362 e. The molecule has 0 aromatic rings. The normalized spacial score (nSPS) is 12.9. The van der Waals surface area contributed by atoms with Gasteiger partial charge in [-0.25, -0.2) is 0 Å². The van der Waals surface area contributed by atoms with Crippen LogP contribution in [0.15, 0.2) is 0 Å². The van der Waals surface area contributed by atoms with Crippen molar-refractivity contribution in [1.29, 1.82) is 0 Å². The van der Waals surface area contributed by atoms with Gasteiger partial charge in [-0.3, -0.25) is 0 Å². The molecule has 0 aliphatic heterocycles. The lowest BCUT2D eigenvalue weighted by Gasteiger charge is -2.16. The smallest absolute Gasteiger partial charge is 0.0944 e. The molecule has 0 aliphatic rings. The monoisotopic (exact) mass is 261 g/mol. The van der Waals surface area contributed by atoms with Crippen molar-refractivity contribution in [2.45, 2.75) is 71.3 Å². The molecule has 1 atom stereocenters. The third-order valence-electron chi connectivity index (χ3n) is 2.91. The summed E-state index contributed by atoms with van der Waals surface area (Å²) in [5, 5.41) is 0. The van der Waals surface area contributed by atoms with Gasteiger partial charge in [-0.15, -0.1) is 0 Å². The highest BCUT2D eigenvalue weighted by Gasteiger charge is 2.07. The maximum atomic E-state index is 5.57. The van der Waals surface area contributed by atoms with Gasteiger partial charge in [0.2, 0.25) is 0 Å². The topological polar surface area (TPSA) is 35.2 Å². The average Bonchev–Trinajstić information content (AvgIpc) is 2.34. The van der Waals surface area contributed by atoms with Crippen LogP contribution >= 0.6 is 11.8 Å². The first kappa shape index (κ1) is 17.3. The minimum absolute atomic E-state index is 0.368. The molecule has 3 heteroatoms. The maximum Gasteiger partial charge on any atom is 0.0944 e. The van der Waals surface area contributed by atoms with E-state index in [1.165, 1.54) is 57.1 Å². The molecule has 0 radical (unpaired) electrons. The first-order valence-corrected chi connectivity index (χ1v) is 8.40. The highest BCUT2D eigenvalue weighted by Crippen LogP contribution is 2.14. The van der Waals surface area contributed by atoms with Crippen LogP contribution in [0.4, 0.5) is 0 Å². The lowest BCUT2D eigenvalue weighted by Crippen LogP contribution is -2.20. The molecule has 0 bridgehead atoms. The summed E-state index contributed by atoms with van der Waals surface area (Å²) in [6, 6.07) is 0. The van der Waals surface area contributed by atoms with Crippen LogP contribution in [0.3, 0.4) is 0 Å². The molecule has 0 heterocycles. The van der Waals surface area contributed by atoms with Crippen LogP contribution in [0.5, 0.6) is 0 Å². The quantitative estimate of drug-likeness (QED) is 0.399. The number of hydrogen-bond acceptors (Lipinski definition) is 3. The van der Waals surface area contributed by atoms with Gasteiger partial charge in [-0.2, -0.15) is 11.8 Å². The van der Waals surface area contributed by atoms with Gasteiger partial charge in [0.25, 0.3) is 0 Å². The van der Waals surface area contributed by atoms with Gasteiger partial charge in [0, 0.05) is 5.75 Å². The third kappa shape index (κ3) is 12.5. The van der Waals surface area contributed by atoms with Gasteiger partial charge in [0.1, 0.15) is 0 Å². The van der Waals surface area contributed by atoms with Crippen LogP contribution in [0.1, 0.15) is 65.2 Å². The fraction of sp³-hybridized carbons (Fsp3) is 1.00. The van der Waals surface area contributed by atoms with Crippen molar-refractivity contribution >= 4 is 11.8 Å². The molecule has 0 aliphatic carbocycles. The summed E-state index contributed by atoms with van der Waals surface area (Å²) in [5.74, 6) is 2.39. The van der Waals surface area contributed by atoms with Crippen molar-refractivity contribution in [2.75, 3.05) is 18.2 Å². The van der Waals surface area contributed by atoms with Crippen molar-refractivity contribution in [2.24, 2.45) is 5.73 Å². The fourth-order valence-corrected chi connectivity index (χ4v) is 2.92. The molecule has 0 amide bonds. The Kier molecular flexibility index (Phi) is 14.6. The Labute approximate surface area is 112 Å². The van der Waals surface area contributed by atoms with E-state index >= 15 is 0 Å². The first-order chi connectivity index (χ1) is 8.35. The Morgan fingerprint density at radius 2 is 1.71 bits per heavy atom. The second-order valence-corrected chi connectivity index (χ2v) is 5.74. The Bertz CT molecular complexity index is 144. The van der Waals surface area contributed by atoms with Gasteiger partial charge in [-0.1, -0.05) is 52.4 Å². The zero-order valence-electron chi connectivity index (χ0n) is 11.7. The summed E-state index contributed by atoms with van der Waals surface area (Å²) in [6.07, 6.45) is 10.8. The molecule has 0 rings (SSSR count). The standard InChI is InChI=1S/C14H31NOS/c1-3-5-7-9-11-17-12-14(16-13-15)10-8-6-4-2/h14H,3-13,15H2,1-2H3. The van der Waals surface area contributed by atoms with Crippen molar-refractivity contribution < 1.29 is 4.74 Å². The van der Waals surface area contributed by atoms with E-state index in [1.54, 1.807) is 0 Å². The Morgan fingerprint density at radius 1 is 1.00 bits per heavy atom. The van der Waals surface area contributed by atoms with Gasteiger partial charge >= 0.3 is 0 Å². The summed E-state index contributed by atoms with van der Waals surface area (Å²) in [7, 11) is 0. The lowest BCUT2D eigenvalue weighted by molar-refractivity contribution is 0.0667. The molecule has 0 aromatic carbocycles. The Balaban J connectivity index is 3.41. The predicted molar refractivity (Wildman–Crippen MR) is 79.5 cm³/mol. The summed E-state index contributed by atoms with van der Waals surface area (Å²) in [6.45, 7) is 4.86. The highest BCUT2D eigenvalue weighted by molar-refractivity contribution is 7.99. The number of hydrogen-bond donors (Lipinski definition) is 1. The molecular weight excluding hydrogens is 230 g/mol. The predicted octanol–water partition coefficient (Wildman–Crippen LogP) is 4.18. The van der Waals surface area contributed by atoms with Crippen molar-refractivity contribution in [3.8, 4) is 0 Å². The van der Waals surface area contributed by atoms with Gasteiger partial charge in [0.05, 0.1) is 12.8 Å². The zero-order chi connectivity index (χ0) is 12.8. The number of unbranched alkanes of at least 4 members (excludes halogenated alkanes) is 5. The molecule has 104 valence electrons. The van der Waals surface area contributed by atoms with Gasteiger partial charge in [-0.05, 0) is 18.6 Å². The molecule has 2 N–H and O–H groups in total. The van der Waals surface area contributed by atoms with E-state index in [0.29, 0.717) is 12.8 Å². The summed E-state index contributed by atoms with van der Waals surface area (Å²) >= 11 is 2.03. The number of nitrogens with two attached hydrogens (primary N) is 1. The molecular formula is C14H31NOS. The highest BCUT2D eigenvalue weighted by atomic mass is 32.2. The summed E-state index contributed by atoms with van der Waals surface area (Å²) < 4.78 is 5.57. The zero-order valence-corrected chi connectivity index (χ0v) is 12.6. The van der Waals surface area contributed by atoms with E-state index in [2.05, 4.69) is 13.8 Å². The van der Waals surface area contributed by atoms with Crippen LogP contribution < -0.4 is 5.73 Å². The van der Waals surface area contributed by atoms with E-state index in [9.17, 15) is 0 Å². The van der Waals surface area contributed by atoms with Crippen molar-refractivity contribution in [3.05, 3.63) is 0 Å². The molecule has 17 heavy (non-hydrogen) atoms. The molecule has 1 unspecified atom stereocenters. The van der Waals surface area contributed by atoms with E-state index in [-0.39, 0.29) is 0 Å². The second kappa shape index (κ2) is 14.3.